The first-order valence-electron chi connectivity index (χ1n) is 5.51. The minimum atomic E-state index is -0.960. The number of nitrogens with zero attached hydrogens (tertiary/aromatic N) is 1. The first-order chi connectivity index (χ1) is 8.59. The van der Waals surface area contributed by atoms with Gasteiger partial charge in [-0.3, -0.25) is 0 Å². The Morgan fingerprint density at radius 3 is 2.44 bits per heavy atom. The van der Waals surface area contributed by atoms with Gasteiger partial charge >= 0.3 is 5.97 Å². The van der Waals surface area contributed by atoms with Crippen molar-refractivity contribution in [2.24, 2.45) is 0 Å². The van der Waals surface area contributed by atoms with Gasteiger partial charge < -0.3 is 15.7 Å². The van der Waals surface area contributed by atoms with E-state index in [0.717, 1.165) is 5.69 Å². The Hall–Kier alpha value is -2.49. The lowest BCUT2D eigenvalue weighted by molar-refractivity contribution is 0.0697. The average Bonchev–Trinajstić information content (AvgIpc) is 2.39. The Bertz CT molecular complexity index is 567. The summed E-state index contributed by atoms with van der Waals surface area (Å²) in [5.41, 5.74) is 8.30. The number of benzene rings is 2. The summed E-state index contributed by atoms with van der Waals surface area (Å²) in [7, 11) is 1.85. The molecule has 0 saturated carbocycles. The summed E-state index contributed by atoms with van der Waals surface area (Å²) in [6.45, 7) is 0. The molecule has 3 N–H and O–H groups in total. The molecule has 0 unspecified atom stereocenters. The third-order valence-electron chi connectivity index (χ3n) is 2.78. The minimum absolute atomic E-state index is 0.224. The molecular weight excluding hydrogens is 228 g/mol. The summed E-state index contributed by atoms with van der Waals surface area (Å²) in [6, 6.07) is 14.3. The summed E-state index contributed by atoms with van der Waals surface area (Å²) < 4.78 is 0. The number of carboxylic acid groups (broad SMARTS) is 1. The molecule has 0 radical (unpaired) electrons. The second kappa shape index (κ2) is 4.79. The van der Waals surface area contributed by atoms with Crippen LogP contribution in [0, 0.1) is 0 Å². The van der Waals surface area contributed by atoms with E-state index in [0.29, 0.717) is 11.4 Å². The zero-order valence-electron chi connectivity index (χ0n) is 10.00. The third-order valence-corrected chi connectivity index (χ3v) is 2.78. The van der Waals surface area contributed by atoms with Gasteiger partial charge in [-0.15, -0.1) is 0 Å². The number of hydrogen-bond donors (Lipinski definition) is 2. The van der Waals surface area contributed by atoms with Crippen LogP contribution >= 0.6 is 0 Å². The topological polar surface area (TPSA) is 66.6 Å². The molecule has 0 atom stereocenters. The van der Waals surface area contributed by atoms with Crippen LogP contribution in [0.2, 0.25) is 0 Å². The molecule has 2 rings (SSSR count). The second-order valence-electron chi connectivity index (χ2n) is 3.97. The molecule has 0 heterocycles. The number of carbonyl (C=O) groups is 1. The molecule has 0 bridgehead atoms. The highest BCUT2D eigenvalue weighted by Crippen LogP contribution is 2.29. The van der Waals surface area contributed by atoms with Gasteiger partial charge in [0.15, 0.2) is 0 Å². The molecule has 2 aromatic carbocycles. The van der Waals surface area contributed by atoms with Crippen molar-refractivity contribution in [1.29, 1.82) is 0 Å². The zero-order chi connectivity index (χ0) is 13.1. The molecule has 0 fully saturated rings. The van der Waals surface area contributed by atoms with E-state index in [4.69, 9.17) is 10.8 Å². The van der Waals surface area contributed by atoms with Crippen molar-refractivity contribution >= 4 is 23.0 Å². The number of nitrogen functional groups attached to an aromatic ring is 1. The van der Waals surface area contributed by atoms with E-state index in [1.165, 1.54) is 6.07 Å². The summed E-state index contributed by atoms with van der Waals surface area (Å²) in [5.74, 6) is -0.960. The van der Waals surface area contributed by atoms with Crippen LogP contribution in [-0.2, 0) is 0 Å². The van der Waals surface area contributed by atoms with Gasteiger partial charge in [0, 0.05) is 12.7 Å². The smallest absolute Gasteiger partial charge is 0.335 e. The molecule has 0 aliphatic carbocycles. The Balaban J connectivity index is 2.44. The summed E-state index contributed by atoms with van der Waals surface area (Å²) in [4.78, 5) is 12.8. The van der Waals surface area contributed by atoms with Crippen molar-refractivity contribution in [1.82, 2.24) is 0 Å². The molecule has 0 aromatic heterocycles. The number of para-hydroxylation sites is 1. The molecule has 2 aromatic rings. The minimum Gasteiger partial charge on any atom is -0.478 e. The van der Waals surface area contributed by atoms with Gasteiger partial charge in [-0.05, 0) is 30.3 Å². The van der Waals surface area contributed by atoms with Crippen molar-refractivity contribution in [3.63, 3.8) is 0 Å². The van der Waals surface area contributed by atoms with Crippen LogP contribution in [0.25, 0.3) is 0 Å². The normalized spacial score (nSPS) is 10.1. The summed E-state index contributed by atoms with van der Waals surface area (Å²) in [5, 5.41) is 8.99. The van der Waals surface area contributed by atoms with Gasteiger partial charge in [0.25, 0.3) is 0 Å². The van der Waals surface area contributed by atoms with Crippen LogP contribution < -0.4 is 10.6 Å². The van der Waals surface area contributed by atoms with Crippen LogP contribution in [0.15, 0.2) is 48.5 Å². The van der Waals surface area contributed by atoms with E-state index in [2.05, 4.69) is 0 Å². The fraction of sp³-hybridized carbons (Fsp3) is 0.0714. The fourth-order valence-electron chi connectivity index (χ4n) is 1.76. The van der Waals surface area contributed by atoms with Crippen LogP contribution in [0.3, 0.4) is 0 Å². The van der Waals surface area contributed by atoms with Gasteiger partial charge in [0.1, 0.15) is 0 Å². The summed E-state index contributed by atoms with van der Waals surface area (Å²) in [6.07, 6.45) is 0. The van der Waals surface area contributed by atoms with Gasteiger partial charge in [-0.1, -0.05) is 18.2 Å². The Morgan fingerprint density at radius 2 is 1.83 bits per heavy atom. The van der Waals surface area contributed by atoms with Gasteiger partial charge in [-0.25, -0.2) is 4.79 Å². The van der Waals surface area contributed by atoms with Crippen molar-refractivity contribution in [3.8, 4) is 0 Å². The molecule has 4 heteroatoms. The summed E-state index contributed by atoms with van der Waals surface area (Å²) >= 11 is 0. The molecule has 0 aliphatic heterocycles. The predicted octanol–water partition coefficient (Wildman–Crippen LogP) is 2.73. The molecular formula is C14H14N2O2. The number of nitrogens with two attached hydrogens (primary N) is 1. The maximum atomic E-state index is 11.0. The van der Waals surface area contributed by atoms with Gasteiger partial charge in [0.2, 0.25) is 0 Å². The highest BCUT2D eigenvalue weighted by molar-refractivity contribution is 5.91. The quantitative estimate of drug-likeness (QED) is 0.812. The maximum absolute atomic E-state index is 11.0. The lowest BCUT2D eigenvalue weighted by Gasteiger charge is -2.21. The molecule has 18 heavy (non-hydrogen) atoms. The Labute approximate surface area is 105 Å². The van der Waals surface area contributed by atoms with Crippen LogP contribution in [-0.4, -0.2) is 18.1 Å². The van der Waals surface area contributed by atoms with E-state index in [9.17, 15) is 4.79 Å². The first kappa shape index (κ1) is 12.0. The number of carboxylic acids is 1. The first-order valence-corrected chi connectivity index (χ1v) is 5.51. The number of aromatic carboxylic acids is 1. The van der Waals surface area contributed by atoms with E-state index < -0.39 is 5.97 Å². The monoisotopic (exact) mass is 242 g/mol. The third kappa shape index (κ3) is 2.27. The van der Waals surface area contributed by atoms with Crippen molar-refractivity contribution in [2.75, 3.05) is 17.7 Å². The van der Waals surface area contributed by atoms with Crippen molar-refractivity contribution in [2.45, 2.75) is 0 Å². The highest BCUT2D eigenvalue weighted by Gasteiger charge is 2.11. The molecule has 0 amide bonds. The van der Waals surface area contributed by atoms with Crippen molar-refractivity contribution < 1.29 is 9.90 Å². The fourth-order valence-corrected chi connectivity index (χ4v) is 1.76. The van der Waals surface area contributed by atoms with Crippen molar-refractivity contribution in [3.05, 3.63) is 54.1 Å². The molecule has 4 nitrogen and oxygen atoms in total. The van der Waals surface area contributed by atoms with E-state index in [1.807, 2.05) is 42.3 Å². The van der Waals surface area contributed by atoms with Crippen LogP contribution in [0.4, 0.5) is 17.1 Å². The van der Waals surface area contributed by atoms with E-state index in [1.54, 1.807) is 12.1 Å². The number of rotatable bonds is 3. The van der Waals surface area contributed by atoms with E-state index >= 15 is 0 Å². The second-order valence-corrected chi connectivity index (χ2v) is 3.97. The Morgan fingerprint density at radius 1 is 1.17 bits per heavy atom. The molecule has 92 valence electrons. The molecule has 0 spiro atoms. The molecule has 0 saturated heterocycles. The van der Waals surface area contributed by atoms with E-state index in [-0.39, 0.29) is 5.56 Å². The average molecular weight is 242 g/mol. The number of anilines is 3. The SMILES string of the molecule is CN(c1ccccc1)c1cc(C(=O)O)ccc1N. The van der Waals surface area contributed by atoms with Gasteiger partial charge in [-0.2, -0.15) is 0 Å². The maximum Gasteiger partial charge on any atom is 0.335 e. The van der Waals surface area contributed by atoms with Crippen LogP contribution in [0.1, 0.15) is 10.4 Å². The largest absolute Gasteiger partial charge is 0.478 e. The zero-order valence-corrected chi connectivity index (χ0v) is 10.00. The predicted molar refractivity (Wildman–Crippen MR) is 72.3 cm³/mol. The lowest BCUT2D eigenvalue weighted by Crippen LogP contribution is -2.12. The number of hydrogen-bond acceptors (Lipinski definition) is 3. The highest BCUT2D eigenvalue weighted by atomic mass is 16.4. The standard InChI is InChI=1S/C14H14N2O2/c1-16(11-5-3-2-4-6-11)13-9-10(14(17)18)7-8-12(13)15/h2-9H,15H2,1H3,(H,17,18). The van der Waals surface area contributed by atoms with Gasteiger partial charge in [0.05, 0.1) is 16.9 Å². The lowest BCUT2D eigenvalue weighted by atomic mass is 10.1. The van der Waals surface area contributed by atoms with Crippen LogP contribution in [0.5, 0.6) is 0 Å². The molecule has 0 aliphatic rings. The Kier molecular flexibility index (Phi) is 3.19.